The molecular weight excluding hydrogens is 556 g/mol. The number of ether oxygens (including phenoxy) is 2. The molecule has 0 atom stereocenters. The average molecular weight is 585 g/mol. The van der Waals surface area contributed by atoms with Crippen LogP contribution >= 0.6 is 0 Å². The Hall–Kier alpha value is -5.65. The molecule has 0 aliphatic rings. The third kappa shape index (κ3) is 6.17. The second-order valence-electron chi connectivity index (χ2n) is 9.42. The molecule has 0 unspecified atom stereocenters. The van der Waals surface area contributed by atoms with Crippen molar-refractivity contribution in [3.8, 4) is 17.4 Å². The lowest BCUT2D eigenvalue weighted by Crippen LogP contribution is -2.10. The Balaban J connectivity index is 1.47. The maximum Gasteiger partial charge on any atom is 0.519 e. The van der Waals surface area contributed by atoms with E-state index in [0.717, 1.165) is 16.7 Å². The van der Waals surface area contributed by atoms with Crippen LogP contribution in [0.15, 0.2) is 95.8 Å². The Morgan fingerprint density at radius 2 is 1.88 bits per heavy atom. The fourth-order valence-electron chi connectivity index (χ4n) is 4.52. The van der Waals surface area contributed by atoms with Crippen molar-refractivity contribution < 1.29 is 27.6 Å². The number of hydrogen-bond donors (Lipinski definition) is 1. The van der Waals surface area contributed by atoms with E-state index in [2.05, 4.69) is 26.2 Å². The van der Waals surface area contributed by atoms with Crippen molar-refractivity contribution in [2.75, 3.05) is 6.61 Å². The number of fused-ring (bicyclic) bond motifs is 1. The number of nitrogens with zero attached hydrogens (tertiary/aromatic N) is 3. The molecule has 2 aromatic carbocycles. The first kappa shape index (κ1) is 28.9. The number of esters is 1. The second kappa shape index (κ2) is 12.5. The minimum absolute atomic E-state index is 0.133. The van der Waals surface area contributed by atoms with Gasteiger partial charge in [-0.25, -0.2) is 14.4 Å². The molecule has 1 N–H and O–H groups in total. The second-order valence-corrected chi connectivity index (χ2v) is 9.42. The molecule has 43 heavy (non-hydrogen) atoms. The molecule has 0 radical (unpaired) electrons. The molecule has 3 heterocycles. The van der Waals surface area contributed by atoms with Gasteiger partial charge in [0.25, 0.3) is 6.01 Å². The van der Waals surface area contributed by atoms with Crippen molar-refractivity contribution in [2.24, 2.45) is 0 Å². The number of carbonyl (C=O) groups is 1. The molecule has 0 saturated carbocycles. The molecule has 3 aromatic heterocycles. The van der Waals surface area contributed by atoms with Gasteiger partial charge in [0.1, 0.15) is 0 Å². The largest absolute Gasteiger partial charge is 0.519 e. The average Bonchev–Trinajstić information content (AvgIpc) is 3.68. The normalized spacial score (nSPS) is 12.1. The highest BCUT2D eigenvalue weighted by atomic mass is 16.6. The molecule has 12 nitrogen and oxygen atoms in total. The van der Waals surface area contributed by atoms with E-state index >= 15 is 0 Å². The van der Waals surface area contributed by atoms with Crippen molar-refractivity contribution in [1.29, 1.82) is 0 Å². The van der Waals surface area contributed by atoms with Crippen LogP contribution in [0.2, 0.25) is 0 Å². The number of aromatic nitrogens is 4. The standard InChI is InChI=1S/C31H28N4O8/c1-5-20(21-10-7-8-11-22(21)27-33-30(37)43-34-27)15-14-18(3)16-35-26-23(12-9-13-24(26)32-29(35)39-6-2)28(36)40-17-25-19(4)41-31(38)42-25/h5,7-15H,1,6,16-17H2,2-4H3,(H,33,34,37)/b18-14+,20-15+. The first-order chi connectivity index (χ1) is 20.8. The summed E-state index contributed by atoms with van der Waals surface area (Å²) in [6.45, 7) is 9.73. The number of imidazole rings is 1. The number of aryl methyl sites for hydroxylation is 1. The van der Waals surface area contributed by atoms with Gasteiger partial charge in [-0.05, 0) is 44.0 Å². The Kier molecular flexibility index (Phi) is 8.37. The van der Waals surface area contributed by atoms with Gasteiger partial charge in [-0.1, -0.05) is 65.9 Å². The molecule has 220 valence electrons. The lowest BCUT2D eigenvalue weighted by Gasteiger charge is -2.12. The number of para-hydroxylation sites is 1. The number of rotatable bonds is 11. The van der Waals surface area contributed by atoms with E-state index in [1.807, 2.05) is 50.3 Å². The molecule has 5 aromatic rings. The topological polar surface area (TPSA) is 156 Å². The van der Waals surface area contributed by atoms with Crippen LogP contribution in [0.5, 0.6) is 6.01 Å². The fraction of sp³-hybridized carbons (Fsp3) is 0.194. The summed E-state index contributed by atoms with van der Waals surface area (Å²) < 4.78 is 27.5. The third-order valence-corrected chi connectivity index (χ3v) is 6.50. The SMILES string of the molecule is C=C/C(=C\C=C(/C)Cn1c(OCC)nc2cccc(C(=O)OCc3oc(=O)oc3C)c21)c1ccccc1-c1noc(=O)[nH]1. The molecule has 0 aliphatic carbocycles. The van der Waals surface area contributed by atoms with Crippen LogP contribution < -0.4 is 16.3 Å². The Bertz CT molecular complexity index is 1980. The van der Waals surface area contributed by atoms with Gasteiger partial charge in [0.15, 0.2) is 24.0 Å². The van der Waals surface area contributed by atoms with E-state index in [0.29, 0.717) is 41.6 Å². The third-order valence-electron chi connectivity index (χ3n) is 6.50. The van der Waals surface area contributed by atoms with Crippen molar-refractivity contribution in [3.63, 3.8) is 0 Å². The Labute approximate surface area is 244 Å². The highest BCUT2D eigenvalue weighted by molar-refractivity contribution is 6.02. The van der Waals surface area contributed by atoms with Crippen LogP contribution in [0.1, 0.15) is 41.3 Å². The number of aromatic amines is 1. The number of nitrogens with one attached hydrogen (secondary N) is 1. The number of carbonyl (C=O) groups excluding carboxylic acids is 1. The molecular formula is C31H28N4O8. The summed E-state index contributed by atoms with van der Waals surface area (Å²) in [4.78, 5) is 43.3. The van der Waals surface area contributed by atoms with Gasteiger partial charge in [0.2, 0.25) is 0 Å². The van der Waals surface area contributed by atoms with Crippen LogP contribution in [0, 0.1) is 6.92 Å². The van der Waals surface area contributed by atoms with Gasteiger partial charge >= 0.3 is 17.5 Å². The van der Waals surface area contributed by atoms with Crippen LogP contribution in [0.25, 0.3) is 28.0 Å². The molecule has 0 aliphatic heterocycles. The van der Waals surface area contributed by atoms with Gasteiger partial charge in [0.05, 0.1) is 23.2 Å². The van der Waals surface area contributed by atoms with E-state index in [1.165, 1.54) is 0 Å². The first-order valence-electron chi connectivity index (χ1n) is 13.3. The van der Waals surface area contributed by atoms with Crippen molar-refractivity contribution in [2.45, 2.75) is 33.9 Å². The summed E-state index contributed by atoms with van der Waals surface area (Å²) in [5.74, 6) is -1.45. The summed E-state index contributed by atoms with van der Waals surface area (Å²) in [5, 5.41) is 3.82. The summed E-state index contributed by atoms with van der Waals surface area (Å²) in [6.07, 6.45) is 5.53. The minimum Gasteiger partial charge on any atom is -0.465 e. The smallest absolute Gasteiger partial charge is 0.465 e. The molecule has 5 rings (SSSR count). The number of H-pyrrole nitrogens is 1. The Morgan fingerprint density at radius 3 is 2.58 bits per heavy atom. The lowest BCUT2D eigenvalue weighted by atomic mass is 9.98. The highest BCUT2D eigenvalue weighted by Gasteiger charge is 2.21. The van der Waals surface area contributed by atoms with Gasteiger partial charge in [-0.2, -0.15) is 4.98 Å². The van der Waals surface area contributed by atoms with Crippen LogP contribution in [0.3, 0.4) is 0 Å². The maximum atomic E-state index is 13.2. The lowest BCUT2D eigenvalue weighted by molar-refractivity contribution is 0.0444. The molecule has 0 spiro atoms. The van der Waals surface area contributed by atoms with Gasteiger partial charge in [0, 0.05) is 12.1 Å². The van der Waals surface area contributed by atoms with E-state index in [9.17, 15) is 14.4 Å². The van der Waals surface area contributed by atoms with Crippen LogP contribution in [-0.4, -0.2) is 32.3 Å². The van der Waals surface area contributed by atoms with E-state index < -0.39 is 17.5 Å². The zero-order chi connectivity index (χ0) is 30.5. The zero-order valence-corrected chi connectivity index (χ0v) is 23.7. The predicted octanol–water partition coefficient (Wildman–Crippen LogP) is 5.21. The molecule has 0 amide bonds. The van der Waals surface area contributed by atoms with E-state index in [4.69, 9.17) is 18.3 Å². The van der Waals surface area contributed by atoms with Gasteiger partial charge in [-0.15, -0.1) is 0 Å². The van der Waals surface area contributed by atoms with Gasteiger partial charge < -0.3 is 18.3 Å². The summed E-state index contributed by atoms with van der Waals surface area (Å²) in [7, 11) is 0. The summed E-state index contributed by atoms with van der Waals surface area (Å²) >= 11 is 0. The van der Waals surface area contributed by atoms with Crippen LogP contribution in [-0.2, 0) is 17.9 Å². The van der Waals surface area contributed by atoms with E-state index in [1.54, 1.807) is 35.8 Å². The monoisotopic (exact) mass is 584 g/mol. The minimum atomic E-state index is -0.863. The predicted molar refractivity (Wildman–Crippen MR) is 156 cm³/mol. The number of allylic oxidation sites excluding steroid dienone is 5. The fourth-order valence-corrected chi connectivity index (χ4v) is 4.52. The molecule has 0 bridgehead atoms. The molecule has 0 fully saturated rings. The highest BCUT2D eigenvalue weighted by Crippen LogP contribution is 2.29. The summed E-state index contributed by atoms with van der Waals surface area (Å²) in [6, 6.07) is 12.9. The van der Waals surface area contributed by atoms with Gasteiger partial charge in [-0.3, -0.25) is 14.1 Å². The zero-order valence-electron chi connectivity index (χ0n) is 23.7. The molecule has 0 saturated heterocycles. The van der Waals surface area contributed by atoms with Crippen molar-refractivity contribution >= 4 is 22.6 Å². The molecule has 12 heteroatoms. The Morgan fingerprint density at radius 1 is 1.09 bits per heavy atom. The van der Waals surface area contributed by atoms with E-state index in [-0.39, 0.29) is 23.7 Å². The van der Waals surface area contributed by atoms with Crippen molar-refractivity contribution in [3.05, 3.63) is 117 Å². The number of hydrogen-bond acceptors (Lipinski definition) is 10. The summed E-state index contributed by atoms with van der Waals surface area (Å²) in [5.41, 5.74) is 4.51. The first-order valence-corrected chi connectivity index (χ1v) is 13.3. The number of benzene rings is 2. The quantitative estimate of drug-likeness (QED) is 0.162. The van der Waals surface area contributed by atoms with Crippen molar-refractivity contribution in [1.82, 2.24) is 19.7 Å². The van der Waals surface area contributed by atoms with Crippen LogP contribution in [0.4, 0.5) is 0 Å². The maximum absolute atomic E-state index is 13.2.